The summed E-state index contributed by atoms with van der Waals surface area (Å²) in [5.74, 6) is -1.65. The molecule has 1 aromatic heterocycles. The van der Waals surface area contributed by atoms with E-state index in [-0.39, 0.29) is 0 Å². The molecule has 2 aromatic rings. The Morgan fingerprint density at radius 3 is 2.36 bits per heavy atom. The Labute approximate surface area is 195 Å². The highest BCUT2D eigenvalue weighted by Gasteiger charge is 2.38. The van der Waals surface area contributed by atoms with Gasteiger partial charge < -0.3 is 14.7 Å². The van der Waals surface area contributed by atoms with Crippen LogP contribution in [0.4, 0.5) is 19.0 Å². The number of ether oxygens (including phenoxy) is 1. The van der Waals surface area contributed by atoms with Crippen molar-refractivity contribution < 1.29 is 27.8 Å². The molecule has 0 radical (unpaired) electrons. The molecule has 0 bridgehead atoms. The number of carboxylic acids is 1. The molecule has 10 heteroatoms. The lowest BCUT2D eigenvalue weighted by atomic mass is 9.97. The number of piperidine rings is 1. The number of aliphatic carboxylic acids is 1. The molecule has 0 unspecified atom stereocenters. The predicted octanol–water partition coefficient (Wildman–Crippen LogP) is 4.28. The molecule has 2 aliphatic rings. The smallest absolute Gasteiger partial charge is 0.475 e. The first kappa shape index (κ1) is 25.3. The van der Waals surface area contributed by atoms with E-state index in [4.69, 9.17) is 26.2 Å². The van der Waals surface area contributed by atoms with Gasteiger partial charge in [-0.25, -0.2) is 9.78 Å². The van der Waals surface area contributed by atoms with Crippen molar-refractivity contribution in [2.24, 2.45) is 0 Å². The second-order valence-electron chi connectivity index (χ2n) is 8.01. The number of halogens is 4. The van der Waals surface area contributed by atoms with Crippen molar-refractivity contribution in [3.63, 3.8) is 0 Å². The van der Waals surface area contributed by atoms with Gasteiger partial charge in [0.25, 0.3) is 0 Å². The summed E-state index contributed by atoms with van der Waals surface area (Å²) < 4.78 is 37.5. The Balaban J connectivity index is 0.000000383. The SMILES string of the molecule is Clc1ccc(C[C@H]2COCCN2C2CCN(c3ccccn3)CC2)cc1.O=C(O)C(F)(F)F. The number of benzene rings is 1. The van der Waals surface area contributed by atoms with Crippen LogP contribution in [0.15, 0.2) is 48.7 Å². The lowest BCUT2D eigenvalue weighted by molar-refractivity contribution is -0.192. The summed E-state index contributed by atoms with van der Waals surface area (Å²) in [5.41, 5.74) is 1.33. The first-order valence-corrected chi connectivity index (χ1v) is 11.2. The Bertz CT molecular complexity index is 876. The fraction of sp³-hybridized carbons (Fsp3) is 0.478. The van der Waals surface area contributed by atoms with Crippen molar-refractivity contribution in [1.29, 1.82) is 0 Å². The minimum atomic E-state index is -5.08. The third kappa shape index (κ3) is 7.58. The number of carbonyl (C=O) groups is 1. The van der Waals surface area contributed by atoms with Crippen LogP contribution in [0.1, 0.15) is 18.4 Å². The minimum Gasteiger partial charge on any atom is -0.475 e. The number of anilines is 1. The Morgan fingerprint density at radius 2 is 1.79 bits per heavy atom. The number of morpholine rings is 1. The van der Waals surface area contributed by atoms with Gasteiger partial charge in [0.1, 0.15) is 5.82 Å². The van der Waals surface area contributed by atoms with E-state index in [0.29, 0.717) is 12.1 Å². The normalized spacial score (nSPS) is 20.1. The molecule has 2 saturated heterocycles. The lowest BCUT2D eigenvalue weighted by Crippen LogP contribution is -2.54. The van der Waals surface area contributed by atoms with Gasteiger partial charge in [0.15, 0.2) is 0 Å². The zero-order valence-electron chi connectivity index (χ0n) is 18.0. The summed E-state index contributed by atoms with van der Waals surface area (Å²) >= 11 is 6.02. The van der Waals surface area contributed by atoms with E-state index in [1.807, 2.05) is 24.4 Å². The maximum absolute atomic E-state index is 10.6. The minimum absolute atomic E-state index is 0.455. The van der Waals surface area contributed by atoms with Crippen molar-refractivity contribution in [2.75, 3.05) is 37.7 Å². The zero-order valence-corrected chi connectivity index (χ0v) is 18.8. The van der Waals surface area contributed by atoms with Crippen LogP contribution in [-0.4, -0.2) is 72.1 Å². The van der Waals surface area contributed by atoms with Gasteiger partial charge in [-0.05, 0) is 49.1 Å². The Kier molecular flexibility index (Phi) is 8.94. The molecular formula is C23H27ClF3N3O3. The van der Waals surface area contributed by atoms with Gasteiger partial charge in [0.2, 0.25) is 0 Å². The van der Waals surface area contributed by atoms with E-state index in [0.717, 1.165) is 50.1 Å². The maximum Gasteiger partial charge on any atom is 0.490 e. The monoisotopic (exact) mass is 485 g/mol. The van der Waals surface area contributed by atoms with E-state index < -0.39 is 12.1 Å². The number of aromatic nitrogens is 1. The standard InChI is InChI=1S/C21H26ClN3O.C2HF3O2/c22-18-6-4-17(5-7-18)15-20-16-26-14-13-25(20)19-8-11-24(12-9-19)21-3-1-2-10-23-21;3-2(4,5)1(6)7/h1-7,10,19-20H,8-9,11-16H2;(H,6,7)/t20-;/m0./s1. The highest BCUT2D eigenvalue weighted by atomic mass is 35.5. The van der Waals surface area contributed by atoms with Crippen LogP contribution in [0.25, 0.3) is 0 Å². The van der Waals surface area contributed by atoms with Gasteiger partial charge in [0, 0.05) is 42.9 Å². The summed E-state index contributed by atoms with van der Waals surface area (Å²) in [5, 5.41) is 7.92. The van der Waals surface area contributed by atoms with E-state index in [1.54, 1.807) is 0 Å². The number of rotatable bonds is 4. The highest BCUT2D eigenvalue weighted by Crippen LogP contribution is 2.25. The number of pyridine rings is 1. The summed E-state index contributed by atoms with van der Waals surface area (Å²) in [4.78, 5) is 18.5. The first-order chi connectivity index (χ1) is 15.7. The quantitative estimate of drug-likeness (QED) is 0.697. The van der Waals surface area contributed by atoms with Crippen LogP contribution >= 0.6 is 11.6 Å². The lowest BCUT2D eigenvalue weighted by Gasteiger charge is -2.44. The number of alkyl halides is 3. The zero-order chi connectivity index (χ0) is 23.8. The summed E-state index contributed by atoms with van der Waals surface area (Å²) in [6.07, 6.45) is 0.199. The highest BCUT2D eigenvalue weighted by molar-refractivity contribution is 6.30. The van der Waals surface area contributed by atoms with Gasteiger partial charge in [-0.1, -0.05) is 29.8 Å². The summed E-state index contributed by atoms with van der Waals surface area (Å²) in [6.45, 7) is 4.85. The fourth-order valence-corrected chi connectivity index (χ4v) is 4.31. The van der Waals surface area contributed by atoms with Crippen molar-refractivity contribution in [3.8, 4) is 0 Å². The molecule has 180 valence electrons. The summed E-state index contributed by atoms with van der Waals surface area (Å²) in [6, 6.07) is 15.5. The molecule has 3 heterocycles. The van der Waals surface area contributed by atoms with Gasteiger partial charge in [-0.3, -0.25) is 4.90 Å². The van der Waals surface area contributed by atoms with Gasteiger partial charge >= 0.3 is 12.1 Å². The number of hydrogen-bond donors (Lipinski definition) is 1. The topological polar surface area (TPSA) is 65.9 Å². The van der Waals surface area contributed by atoms with E-state index >= 15 is 0 Å². The van der Waals surface area contributed by atoms with Crippen molar-refractivity contribution in [2.45, 2.75) is 37.5 Å². The first-order valence-electron chi connectivity index (χ1n) is 10.8. The van der Waals surface area contributed by atoms with Gasteiger partial charge in [-0.2, -0.15) is 13.2 Å². The average molecular weight is 486 g/mol. The number of nitrogens with zero attached hydrogens (tertiary/aromatic N) is 3. The fourth-order valence-electron chi connectivity index (χ4n) is 4.18. The molecule has 1 aromatic carbocycles. The average Bonchev–Trinajstić information content (AvgIpc) is 2.81. The van der Waals surface area contributed by atoms with Crippen LogP contribution in [0, 0.1) is 0 Å². The van der Waals surface area contributed by atoms with Gasteiger partial charge in [-0.15, -0.1) is 0 Å². The molecular weight excluding hydrogens is 459 g/mol. The van der Waals surface area contributed by atoms with Crippen molar-refractivity contribution >= 4 is 23.4 Å². The second kappa shape index (κ2) is 11.7. The Morgan fingerprint density at radius 1 is 1.12 bits per heavy atom. The molecule has 2 fully saturated rings. The van der Waals surface area contributed by atoms with E-state index in [1.165, 1.54) is 18.4 Å². The molecule has 1 N–H and O–H groups in total. The van der Waals surface area contributed by atoms with Crippen LogP contribution in [0.2, 0.25) is 5.02 Å². The molecule has 6 nitrogen and oxygen atoms in total. The third-order valence-electron chi connectivity index (χ3n) is 5.81. The van der Waals surface area contributed by atoms with E-state index in [9.17, 15) is 13.2 Å². The van der Waals surface area contributed by atoms with Crippen LogP contribution in [0.3, 0.4) is 0 Å². The van der Waals surface area contributed by atoms with Crippen molar-refractivity contribution in [3.05, 3.63) is 59.2 Å². The molecule has 0 aliphatic carbocycles. The molecule has 33 heavy (non-hydrogen) atoms. The molecule has 4 rings (SSSR count). The molecule has 0 saturated carbocycles. The molecule has 1 atom stereocenters. The van der Waals surface area contributed by atoms with Crippen LogP contribution in [-0.2, 0) is 16.0 Å². The van der Waals surface area contributed by atoms with Gasteiger partial charge in [0.05, 0.1) is 13.2 Å². The summed E-state index contributed by atoms with van der Waals surface area (Å²) in [7, 11) is 0. The van der Waals surface area contributed by atoms with Crippen LogP contribution < -0.4 is 4.90 Å². The predicted molar refractivity (Wildman–Crippen MR) is 120 cm³/mol. The third-order valence-corrected chi connectivity index (χ3v) is 6.06. The number of carboxylic acid groups (broad SMARTS) is 1. The van der Waals surface area contributed by atoms with Crippen molar-refractivity contribution in [1.82, 2.24) is 9.88 Å². The maximum atomic E-state index is 10.6. The van der Waals surface area contributed by atoms with E-state index in [2.05, 4.69) is 39.0 Å². The largest absolute Gasteiger partial charge is 0.490 e. The molecule has 2 aliphatic heterocycles. The Hall–Kier alpha value is -2.36. The number of hydrogen-bond acceptors (Lipinski definition) is 5. The molecule has 0 amide bonds. The second-order valence-corrected chi connectivity index (χ2v) is 8.44. The molecule has 0 spiro atoms. The van der Waals surface area contributed by atoms with Crippen LogP contribution in [0.5, 0.6) is 0 Å².